The molecule has 3 N–H and O–H groups in total. The molecule has 2 amide bonds. The summed E-state index contributed by atoms with van der Waals surface area (Å²) in [7, 11) is 0. The zero-order valence-electron chi connectivity index (χ0n) is 10.5. The van der Waals surface area contributed by atoms with E-state index in [1.807, 2.05) is 6.07 Å². The Labute approximate surface area is 124 Å². The van der Waals surface area contributed by atoms with E-state index in [2.05, 4.69) is 5.32 Å². The van der Waals surface area contributed by atoms with Crippen LogP contribution in [-0.4, -0.2) is 36.3 Å². The van der Waals surface area contributed by atoms with Gasteiger partial charge < -0.3 is 16.0 Å². The summed E-state index contributed by atoms with van der Waals surface area (Å²) in [6, 6.07) is 5.36. The van der Waals surface area contributed by atoms with Crippen molar-refractivity contribution in [2.75, 3.05) is 25.4 Å². The molecule has 20 heavy (non-hydrogen) atoms. The highest BCUT2D eigenvalue weighted by molar-refractivity contribution is 7.21. The number of carbonyl (C=O) groups excluding carboxylic acids is 2. The van der Waals surface area contributed by atoms with E-state index in [1.165, 1.54) is 16.2 Å². The summed E-state index contributed by atoms with van der Waals surface area (Å²) >= 11 is 7.28. The van der Waals surface area contributed by atoms with Gasteiger partial charge in [0.05, 0.1) is 12.2 Å². The number of nitrogen functional groups attached to an aromatic ring is 1. The van der Waals surface area contributed by atoms with E-state index in [1.54, 1.807) is 12.1 Å². The third kappa shape index (κ3) is 2.21. The van der Waals surface area contributed by atoms with Crippen LogP contribution in [0, 0.1) is 0 Å². The molecular formula is C13H12ClN3O2S. The zero-order chi connectivity index (χ0) is 14.3. The lowest BCUT2D eigenvalue weighted by Gasteiger charge is -2.26. The molecule has 1 aliphatic heterocycles. The number of amides is 2. The SMILES string of the molecule is Nc1c(C(=O)N2CCNC(=O)C2)sc2ccc(Cl)cc12. The number of fused-ring (bicyclic) bond motifs is 1. The molecule has 5 nitrogen and oxygen atoms in total. The molecule has 104 valence electrons. The summed E-state index contributed by atoms with van der Waals surface area (Å²) in [5.74, 6) is -0.345. The van der Waals surface area contributed by atoms with Crippen molar-refractivity contribution in [1.82, 2.24) is 10.2 Å². The van der Waals surface area contributed by atoms with Crippen LogP contribution in [-0.2, 0) is 4.79 Å². The van der Waals surface area contributed by atoms with Gasteiger partial charge in [-0.05, 0) is 18.2 Å². The predicted molar refractivity (Wildman–Crippen MR) is 80.2 cm³/mol. The average molecular weight is 310 g/mol. The van der Waals surface area contributed by atoms with Crippen molar-refractivity contribution >= 4 is 50.5 Å². The lowest BCUT2D eigenvalue weighted by Crippen LogP contribution is -2.49. The molecule has 1 saturated heterocycles. The predicted octanol–water partition coefficient (Wildman–Crippen LogP) is 1.71. The maximum Gasteiger partial charge on any atom is 0.266 e. The van der Waals surface area contributed by atoms with Gasteiger partial charge in [-0.15, -0.1) is 11.3 Å². The number of piperazine rings is 1. The van der Waals surface area contributed by atoms with Crippen molar-refractivity contribution in [2.24, 2.45) is 0 Å². The van der Waals surface area contributed by atoms with Crippen molar-refractivity contribution in [3.63, 3.8) is 0 Å². The van der Waals surface area contributed by atoms with E-state index in [0.29, 0.717) is 28.7 Å². The monoisotopic (exact) mass is 309 g/mol. The van der Waals surface area contributed by atoms with Gasteiger partial charge in [0.2, 0.25) is 5.91 Å². The normalized spacial score (nSPS) is 15.4. The van der Waals surface area contributed by atoms with Gasteiger partial charge in [-0.2, -0.15) is 0 Å². The van der Waals surface area contributed by atoms with E-state index in [4.69, 9.17) is 17.3 Å². The Morgan fingerprint density at radius 3 is 3.00 bits per heavy atom. The number of hydrogen-bond donors (Lipinski definition) is 2. The molecule has 7 heteroatoms. The summed E-state index contributed by atoms with van der Waals surface area (Å²) in [6.07, 6.45) is 0. The van der Waals surface area contributed by atoms with Gasteiger partial charge in [0.1, 0.15) is 4.88 Å². The summed E-state index contributed by atoms with van der Waals surface area (Å²) in [5.41, 5.74) is 6.49. The second-order valence-corrected chi connectivity index (χ2v) is 6.05. The van der Waals surface area contributed by atoms with Crippen molar-refractivity contribution in [3.05, 3.63) is 28.1 Å². The summed E-state index contributed by atoms with van der Waals surface area (Å²) in [6.45, 7) is 1.05. The molecule has 0 aliphatic carbocycles. The number of carbonyl (C=O) groups is 2. The first-order chi connectivity index (χ1) is 9.56. The number of nitrogens with two attached hydrogens (primary N) is 1. The Morgan fingerprint density at radius 2 is 2.25 bits per heavy atom. The highest BCUT2D eigenvalue weighted by Crippen LogP contribution is 2.35. The molecule has 0 unspecified atom stereocenters. The fourth-order valence-electron chi connectivity index (χ4n) is 2.20. The van der Waals surface area contributed by atoms with Gasteiger partial charge in [-0.25, -0.2) is 0 Å². The molecule has 0 saturated carbocycles. The molecule has 1 aromatic heterocycles. The highest BCUT2D eigenvalue weighted by Gasteiger charge is 2.26. The first-order valence-electron chi connectivity index (χ1n) is 6.10. The largest absolute Gasteiger partial charge is 0.397 e. The van der Waals surface area contributed by atoms with Crippen LogP contribution in [0.1, 0.15) is 9.67 Å². The van der Waals surface area contributed by atoms with E-state index in [0.717, 1.165) is 10.1 Å². The Hall–Kier alpha value is -1.79. The fourth-order valence-corrected chi connectivity index (χ4v) is 3.45. The molecule has 2 aromatic rings. The van der Waals surface area contributed by atoms with E-state index < -0.39 is 0 Å². The third-order valence-corrected chi connectivity index (χ3v) is 4.62. The van der Waals surface area contributed by atoms with Crippen molar-refractivity contribution in [2.45, 2.75) is 0 Å². The molecule has 2 heterocycles. The van der Waals surface area contributed by atoms with Crippen LogP contribution in [0.3, 0.4) is 0 Å². The van der Waals surface area contributed by atoms with Crippen LogP contribution in [0.2, 0.25) is 5.02 Å². The highest BCUT2D eigenvalue weighted by atomic mass is 35.5. The van der Waals surface area contributed by atoms with Gasteiger partial charge >= 0.3 is 0 Å². The van der Waals surface area contributed by atoms with Gasteiger partial charge in [0.25, 0.3) is 5.91 Å². The number of rotatable bonds is 1. The minimum absolute atomic E-state index is 0.0767. The summed E-state index contributed by atoms with van der Waals surface area (Å²) in [4.78, 5) is 25.8. The van der Waals surface area contributed by atoms with Crippen LogP contribution in [0.5, 0.6) is 0 Å². The maximum atomic E-state index is 12.5. The number of halogens is 1. The molecule has 3 rings (SSSR count). The molecule has 0 atom stereocenters. The van der Waals surface area contributed by atoms with Crippen LogP contribution < -0.4 is 11.1 Å². The van der Waals surface area contributed by atoms with Gasteiger partial charge in [-0.3, -0.25) is 9.59 Å². The second-order valence-electron chi connectivity index (χ2n) is 4.56. The van der Waals surface area contributed by atoms with Gasteiger partial charge in [0, 0.05) is 28.2 Å². The molecule has 0 spiro atoms. The molecular weight excluding hydrogens is 298 g/mol. The summed E-state index contributed by atoms with van der Waals surface area (Å²) in [5, 5.41) is 4.06. The van der Waals surface area contributed by atoms with Crippen molar-refractivity contribution < 1.29 is 9.59 Å². The zero-order valence-corrected chi connectivity index (χ0v) is 12.1. The number of thiophene rings is 1. The Kier molecular flexibility index (Phi) is 3.27. The van der Waals surface area contributed by atoms with E-state index >= 15 is 0 Å². The maximum absolute atomic E-state index is 12.5. The Balaban J connectivity index is 1.99. The average Bonchev–Trinajstić information content (AvgIpc) is 2.75. The van der Waals surface area contributed by atoms with Crippen molar-refractivity contribution in [3.8, 4) is 0 Å². The first kappa shape index (κ1) is 13.2. The lowest BCUT2D eigenvalue weighted by molar-refractivity contribution is -0.123. The quantitative estimate of drug-likeness (QED) is 0.842. The van der Waals surface area contributed by atoms with Crippen LogP contribution >= 0.6 is 22.9 Å². The number of anilines is 1. The minimum atomic E-state index is -0.199. The van der Waals surface area contributed by atoms with Crippen LogP contribution in [0.25, 0.3) is 10.1 Å². The fraction of sp³-hybridized carbons (Fsp3) is 0.231. The molecule has 0 bridgehead atoms. The molecule has 1 fully saturated rings. The summed E-state index contributed by atoms with van der Waals surface area (Å²) < 4.78 is 0.914. The smallest absolute Gasteiger partial charge is 0.266 e. The number of benzene rings is 1. The van der Waals surface area contributed by atoms with E-state index in [-0.39, 0.29) is 18.4 Å². The van der Waals surface area contributed by atoms with E-state index in [9.17, 15) is 9.59 Å². The van der Waals surface area contributed by atoms with Crippen molar-refractivity contribution in [1.29, 1.82) is 0 Å². The lowest BCUT2D eigenvalue weighted by atomic mass is 10.2. The van der Waals surface area contributed by atoms with Gasteiger partial charge in [-0.1, -0.05) is 11.6 Å². The Bertz CT molecular complexity index is 713. The Morgan fingerprint density at radius 1 is 1.45 bits per heavy atom. The second kappa shape index (κ2) is 4.96. The standard InChI is InChI=1S/C13H12ClN3O2S/c14-7-1-2-9-8(5-7)11(15)12(20-9)13(19)17-4-3-16-10(18)6-17/h1-2,5H,3-4,6,15H2,(H,16,18). The van der Waals surface area contributed by atoms with Crippen LogP contribution in [0.4, 0.5) is 5.69 Å². The van der Waals surface area contributed by atoms with Gasteiger partial charge in [0.15, 0.2) is 0 Å². The minimum Gasteiger partial charge on any atom is -0.397 e. The topological polar surface area (TPSA) is 75.4 Å². The first-order valence-corrected chi connectivity index (χ1v) is 7.29. The number of nitrogens with zero attached hydrogens (tertiary/aromatic N) is 1. The number of nitrogens with one attached hydrogen (secondary N) is 1. The number of hydrogen-bond acceptors (Lipinski definition) is 4. The molecule has 0 radical (unpaired) electrons. The molecule has 1 aliphatic rings. The van der Waals surface area contributed by atoms with Crippen LogP contribution in [0.15, 0.2) is 18.2 Å². The third-order valence-electron chi connectivity index (χ3n) is 3.21. The molecule has 1 aromatic carbocycles.